The van der Waals surface area contributed by atoms with Gasteiger partial charge >= 0.3 is 0 Å². The molecule has 1 atom stereocenters. The van der Waals surface area contributed by atoms with Crippen LogP contribution in [0.15, 0.2) is 18.2 Å². The molecule has 0 aromatic heterocycles. The fourth-order valence-electron chi connectivity index (χ4n) is 2.58. The van der Waals surface area contributed by atoms with Gasteiger partial charge in [0, 0.05) is 18.3 Å². The van der Waals surface area contributed by atoms with E-state index >= 15 is 0 Å². The highest BCUT2D eigenvalue weighted by Crippen LogP contribution is 2.37. The number of nitrogens with one attached hydrogen (secondary N) is 1. The maximum absolute atomic E-state index is 3.57. The van der Waals surface area contributed by atoms with Crippen LogP contribution in [0.4, 0.5) is 5.69 Å². The molecule has 0 amide bonds. The average Bonchev–Trinajstić information content (AvgIpc) is 2.27. The molecule has 1 unspecified atom stereocenters. The number of para-hydroxylation sites is 1. The lowest BCUT2D eigenvalue weighted by Gasteiger charge is -2.33. The van der Waals surface area contributed by atoms with Crippen molar-refractivity contribution in [3.8, 4) is 0 Å². The second kappa shape index (κ2) is 4.46. The van der Waals surface area contributed by atoms with Gasteiger partial charge in [0.1, 0.15) is 0 Å². The van der Waals surface area contributed by atoms with Crippen molar-refractivity contribution in [1.82, 2.24) is 4.90 Å². The minimum Gasteiger partial charge on any atom is -0.384 e. The van der Waals surface area contributed by atoms with Gasteiger partial charge in [0.15, 0.2) is 0 Å². The summed E-state index contributed by atoms with van der Waals surface area (Å²) >= 11 is 0. The first kappa shape index (κ1) is 11.5. The monoisotopic (exact) mass is 218 g/mol. The second-order valence-electron chi connectivity index (χ2n) is 5.16. The molecule has 0 bridgehead atoms. The lowest BCUT2D eigenvalue weighted by atomic mass is 9.90. The maximum atomic E-state index is 3.57. The highest BCUT2D eigenvalue weighted by Gasteiger charge is 2.23. The third kappa shape index (κ3) is 1.94. The van der Waals surface area contributed by atoms with E-state index in [1.807, 2.05) is 0 Å². The van der Waals surface area contributed by atoms with Crippen molar-refractivity contribution in [2.75, 3.05) is 26.0 Å². The molecule has 88 valence electrons. The summed E-state index contributed by atoms with van der Waals surface area (Å²) in [4.78, 5) is 2.32. The van der Waals surface area contributed by atoms with E-state index in [9.17, 15) is 0 Å². The fraction of sp³-hybridized carbons (Fsp3) is 0.571. The maximum Gasteiger partial charge on any atom is 0.0423 e. The Kier molecular flexibility index (Phi) is 3.20. The molecular formula is C14H22N2. The summed E-state index contributed by atoms with van der Waals surface area (Å²) in [5.74, 6) is 0.586. The Labute approximate surface area is 98.7 Å². The molecule has 0 fully saturated rings. The summed E-state index contributed by atoms with van der Waals surface area (Å²) in [6.07, 6.45) is 1.20. The van der Waals surface area contributed by atoms with Gasteiger partial charge in [-0.25, -0.2) is 0 Å². The molecule has 0 saturated heterocycles. The smallest absolute Gasteiger partial charge is 0.0423 e. The van der Waals surface area contributed by atoms with E-state index in [4.69, 9.17) is 0 Å². The van der Waals surface area contributed by atoms with Crippen molar-refractivity contribution in [2.24, 2.45) is 0 Å². The zero-order valence-corrected chi connectivity index (χ0v) is 10.7. The molecule has 0 aliphatic carbocycles. The van der Waals surface area contributed by atoms with Crippen molar-refractivity contribution in [3.05, 3.63) is 29.3 Å². The molecule has 0 radical (unpaired) electrons. The van der Waals surface area contributed by atoms with Crippen LogP contribution in [0.1, 0.15) is 43.4 Å². The molecule has 1 heterocycles. The van der Waals surface area contributed by atoms with E-state index < -0.39 is 0 Å². The van der Waals surface area contributed by atoms with Gasteiger partial charge in [0.2, 0.25) is 0 Å². The third-order valence-electron chi connectivity index (χ3n) is 3.45. The standard InChI is InChI=1S/C14H22N2/c1-10(2)11-6-5-7-12-13(16(3)4)8-9-15-14(11)12/h5-7,10,13,15H,8-9H2,1-4H3. The Hall–Kier alpha value is -1.02. The van der Waals surface area contributed by atoms with Crippen LogP contribution in [0.5, 0.6) is 0 Å². The highest BCUT2D eigenvalue weighted by molar-refractivity contribution is 5.61. The van der Waals surface area contributed by atoms with Crippen LogP contribution in [0, 0.1) is 0 Å². The van der Waals surface area contributed by atoms with Gasteiger partial charge in [-0.15, -0.1) is 0 Å². The molecule has 16 heavy (non-hydrogen) atoms. The number of nitrogens with zero attached hydrogens (tertiary/aromatic N) is 1. The molecule has 0 spiro atoms. The van der Waals surface area contributed by atoms with Gasteiger partial charge in [-0.3, -0.25) is 0 Å². The molecule has 1 aromatic rings. The lowest BCUT2D eigenvalue weighted by Crippen LogP contribution is -2.28. The molecule has 2 nitrogen and oxygen atoms in total. The van der Waals surface area contributed by atoms with Crippen LogP contribution < -0.4 is 5.32 Å². The number of hydrogen-bond donors (Lipinski definition) is 1. The molecular weight excluding hydrogens is 196 g/mol. The van der Waals surface area contributed by atoms with E-state index in [0.717, 1.165) is 6.54 Å². The second-order valence-corrected chi connectivity index (χ2v) is 5.16. The van der Waals surface area contributed by atoms with Gasteiger partial charge in [-0.05, 0) is 37.6 Å². The van der Waals surface area contributed by atoms with Crippen LogP contribution in [0.2, 0.25) is 0 Å². The van der Waals surface area contributed by atoms with E-state index in [1.165, 1.54) is 23.2 Å². The number of benzene rings is 1. The normalized spacial score (nSPS) is 19.8. The first-order valence-electron chi connectivity index (χ1n) is 6.14. The van der Waals surface area contributed by atoms with Crippen LogP contribution in [0.3, 0.4) is 0 Å². The molecule has 1 aromatic carbocycles. The summed E-state index contributed by atoms with van der Waals surface area (Å²) in [7, 11) is 4.34. The predicted octanol–water partition coefficient (Wildman–Crippen LogP) is 3.23. The summed E-state index contributed by atoms with van der Waals surface area (Å²) in [5.41, 5.74) is 4.29. The average molecular weight is 218 g/mol. The van der Waals surface area contributed by atoms with E-state index in [0.29, 0.717) is 12.0 Å². The Morgan fingerprint density at radius 1 is 1.31 bits per heavy atom. The van der Waals surface area contributed by atoms with E-state index in [2.05, 4.69) is 56.4 Å². The number of anilines is 1. The Balaban J connectivity index is 2.46. The van der Waals surface area contributed by atoms with Crippen LogP contribution in [-0.2, 0) is 0 Å². The minimum absolute atomic E-state index is 0.565. The summed E-state index contributed by atoms with van der Waals surface area (Å²) in [6, 6.07) is 7.26. The van der Waals surface area contributed by atoms with Crippen LogP contribution in [-0.4, -0.2) is 25.5 Å². The van der Waals surface area contributed by atoms with Gasteiger partial charge in [-0.2, -0.15) is 0 Å². The van der Waals surface area contributed by atoms with E-state index in [1.54, 1.807) is 0 Å². The highest BCUT2D eigenvalue weighted by atomic mass is 15.1. The zero-order valence-electron chi connectivity index (χ0n) is 10.7. The third-order valence-corrected chi connectivity index (χ3v) is 3.45. The molecule has 2 rings (SSSR count). The van der Waals surface area contributed by atoms with Crippen molar-refractivity contribution in [1.29, 1.82) is 0 Å². The summed E-state index contributed by atoms with van der Waals surface area (Å²) in [5, 5.41) is 3.57. The zero-order chi connectivity index (χ0) is 11.7. The quantitative estimate of drug-likeness (QED) is 0.820. The van der Waals surface area contributed by atoms with Gasteiger partial charge in [-0.1, -0.05) is 32.0 Å². The first-order chi connectivity index (χ1) is 7.61. The fourth-order valence-corrected chi connectivity index (χ4v) is 2.58. The minimum atomic E-state index is 0.565. The SMILES string of the molecule is CC(C)c1cccc2c1NCCC2N(C)C. The van der Waals surface area contributed by atoms with Crippen LogP contribution in [0.25, 0.3) is 0 Å². The largest absolute Gasteiger partial charge is 0.384 e. The Morgan fingerprint density at radius 3 is 2.69 bits per heavy atom. The Bertz CT molecular complexity index is 369. The van der Waals surface area contributed by atoms with Gasteiger partial charge < -0.3 is 10.2 Å². The number of rotatable bonds is 2. The number of hydrogen-bond acceptors (Lipinski definition) is 2. The molecule has 1 N–H and O–H groups in total. The predicted molar refractivity (Wildman–Crippen MR) is 70.1 cm³/mol. The summed E-state index contributed by atoms with van der Waals surface area (Å²) < 4.78 is 0. The van der Waals surface area contributed by atoms with Crippen molar-refractivity contribution in [3.63, 3.8) is 0 Å². The van der Waals surface area contributed by atoms with Crippen LogP contribution >= 0.6 is 0 Å². The van der Waals surface area contributed by atoms with Gasteiger partial charge in [0.05, 0.1) is 0 Å². The molecule has 2 heteroatoms. The first-order valence-corrected chi connectivity index (χ1v) is 6.14. The van der Waals surface area contributed by atoms with Crippen molar-refractivity contribution >= 4 is 5.69 Å². The van der Waals surface area contributed by atoms with Gasteiger partial charge in [0.25, 0.3) is 0 Å². The van der Waals surface area contributed by atoms with Crippen molar-refractivity contribution in [2.45, 2.75) is 32.2 Å². The van der Waals surface area contributed by atoms with E-state index in [-0.39, 0.29) is 0 Å². The summed E-state index contributed by atoms with van der Waals surface area (Å²) in [6.45, 7) is 5.60. The Morgan fingerprint density at radius 2 is 2.06 bits per heavy atom. The number of fused-ring (bicyclic) bond motifs is 1. The molecule has 1 aliphatic rings. The topological polar surface area (TPSA) is 15.3 Å². The molecule has 1 aliphatic heterocycles. The lowest BCUT2D eigenvalue weighted by molar-refractivity contribution is 0.284. The molecule has 0 saturated carbocycles. The van der Waals surface area contributed by atoms with Crippen molar-refractivity contribution < 1.29 is 0 Å².